The number of carboxylic acids is 1. The van der Waals surface area contributed by atoms with Crippen LogP contribution in [0.1, 0.15) is 16.1 Å². The van der Waals surface area contributed by atoms with E-state index in [-0.39, 0.29) is 48.1 Å². The largest absolute Gasteiger partial charge is 0.477 e. The molecule has 1 saturated heterocycles. The van der Waals surface area contributed by atoms with Crippen molar-refractivity contribution in [3.8, 4) is 5.13 Å². The number of carbonyl (C=O) groups excluding carboxylic acids is 1. The van der Waals surface area contributed by atoms with Gasteiger partial charge < -0.3 is 10.0 Å². The molecule has 13 heteroatoms. The third-order valence-corrected chi connectivity index (χ3v) is 6.49. The Morgan fingerprint density at radius 2 is 2.12 bits per heavy atom. The fraction of sp³-hybridized carbons (Fsp3) is 0.211. The lowest BCUT2D eigenvalue weighted by atomic mass is 9.92. The molecule has 0 radical (unpaired) electrons. The summed E-state index contributed by atoms with van der Waals surface area (Å²) in [5.41, 5.74) is -0.635. The van der Waals surface area contributed by atoms with Crippen LogP contribution in [0.4, 0.5) is 10.2 Å². The minimum absolute atomic E-state index is 0.00958. The quantitative estimate of drug-likeness (QED) is 0.446. The number of pyridine rings is 2. The Labute approximate surface area is 186 Å². The Kier molecular flexibility index (Phi) is 4.98. The van der Waals surface area contributed by atoms with Crippen molar-refractivity contribution in [2.45, 2.75) is 6.42 Å². The Morgan fingerprint density at radius 3 is 2.78 bits per heavy atom. The van der Waals surface area contributed by atoms with E-state index >= 15 is 0 Å². The smallest absolute Gasteiger partial charge is 0.341 e. The first kappa shape index (κ1) is 20.3. The van der Waals surface area contributed by atoms with Gasteiger partial charge in [-0.15, -0.1) is 16.4 Å². The average molecular weight is 472 g/mol. The molecule has 10 nitrogen and oxygen atoms in total. The molecule has 0 aliphatic carbocycles. The van der Waals surface area contributed by atoms with Crippen molar-refractivity contribution in [1.82, 2.24) is 24.1 Å². The Morgan fingerprint density at radius 1 is 1.31 bits per heavy atom. The number of carboxylic acid groups (broad SMARTS) is 1. The molecule has 4 aromatic rings. The highest BCUT2D eigenvalue weighted by molar-refractivity contribution is 7.12. The Hall–Kier alpha value is -3.58. The van der Waals surface area contributed by atoms with E-state index < -0.39 is 22.8 Å². The van der Waals surface area contributed by atoms with E-state index in [0.717, 1.165) is 12.3 Å². The predicted molar refractivity (Wildman–Crippen MR) is 114 cm³/mol. The number of anilines is 1. The second-order valence-corrected chi connectivity index (χ2v) is 8.65. The summed E-state index contributed by atoms with van der Waals surface area (Å²) in [4.78, 5) is 46.7. The number of hydrogen-bond acceptors (Lipinski definition) is 10. The highest BCUT2D eigenvalue weighted by atomic mass is 32.1. The van der Waals surface area contributed by atoms with Crippen LogP contribution in [0, 0.1) is 11.7 Å². The first-order chi connectivity index (χ1) is 15.4. The SMILES string of the molecule is O=C(O)c1cn(-c2nccs2)c2nc(N3CC(C(=O)Cc4csnn4)C3)c(F)cc2c1=O. The zero-order chi connectivity index (χ0) is 22.4. The van der Waals surface area contributed by atoms with Gasteiger partial charge in [0.15, 0.2) is 22.4 Å². The van der Waals surface area contributed by atoms with Crippen LogP contribution in [0.3, 0.4) is 0 Å². The molecule has 1 aliphatic heterocycles. The number of hydrogen-bond donors (Lipinski definition) is 1. The van der Waals surface area contributed by atoms with Crippen molar-refractivity contribution in [2.24, 2.45) is 5.92 Å². The van der Waals surface area contributed by atoms with E-state index in [1.807, 2.05) is 0 Å². The zero-order valence-electron chi connectivity index (χ0n) is 16.1. The molecule has 0 bridgehead atoms. The average Bonchev–Trinajstić information content (AvgIpc) is 3.42. The zero-order valence-corrected chi connectivity index (χ0v) is 17.8. The molecule has 0 amide bonds. The van der Waals surface area contributed by atoms with Crippen LogP contribution >= 0.6 is 22.9 Å². The van der Waals surface area contributed by atoms with Gasteiger partial charge >= 0.3 is 5.97 Å². The molecular formula is C19H13FN6O4S2. The van der Waals surface area contributed by atoms with Gasteiger partial charge in [0.1, 0.15) is 11.3 Å². The molecule has 0 atom stereocenters. The third-order valence-electron chi connectivity index (χ3n) is 5.17. The molecule has 1 N–H and O–H groups in total. The van der Waals surface area contributed by atoms with Crippen molar-refractivity contribution in [3.63, 3.8) is 0 Å². The summed E-state index contributed by atoms with van der Waals surface area (Å²) >= 11 is 2.39. The fourth-order valence-corrected chi connectivity index (χ4v) is 4.58. The highest BCUT2D eigenvalue weighted by Crippen LogP contribution is 2.29. The number of nitrogens with zero attached hydrogens (tertiary/aromatic N) is 6. The summed E-state index contributed by atoms with van der Waals surface area (Å²) in [5.74, 6) is -2.50. The summed E-state index contributed by atoms with van der Waals surface area (Å²) < 4.78 is 20.0. The van der Waals surface area contributed by atoms with E-state index in [9.17, 15) is 23.9 Å². The van der Waals surface area contributed by atoms with E-state index in [4.69, 9.17) is 0 Å². The van der Waals surface area contributed by atoms with Gasteiger partial charge in [0.2, 0.25) is 5.43 Å². The second-order valence-electron chi connectivity index (χ2n) is 7.17. The van der Waals surface area contributed by atoms with Crippen molar-refractivity contribution in [2.75, 3.05) is 18.0 Å². The number of aromatic carboxylic acids is 1. The van der Waals surface area contributed by atoms with E-state index in [2.05, 4.69) is 19.6 Å². The van der Waals surface area contributed by atoms with Crippen LogP contribution in [-0.4, -0.2) is 54.1 Å². The van der Waals surface area contributed by atoms with Gasteiger partial charge in [-0.3, -0.25) is 14.2 Å². The molecule has 5 rings (SSSR count). The van der Waals surface area contributed by atoms with Gasteiger partial charge in [0.05, 0.1) is 23.4 Å². The van der Waals surface area contributed by atoms with Gasteiger partial charge in [0, 0.05) is 36.2 Å². The Bertz CT molecular complexity index is 1400. The van der Waals surface area contributed by atoms with Gasteiger partial charge in [-0.1, -0.05) is 4.49 Å². The third kappa shape index (κ3) is 3.44. The van der Waals surface area contributed by atoms with Crippen LogP contribution in [-0.2, 0) is 11.2 Å². The molecular weight excluding hydrogens is 459 g/mol. The van der Waals surface area contributed by atoms with Crippen LogP contribution in [0.2, 0.25) is 0 Å². The highest BCUT2D eigenvalue weighted by Gasteiger charge is 2.35. The van der Waals surface area contributed by atoms with Gasteiger partial charge in [-0.2, -0.15) is 0 Å². The molecule has 1 fully saturated rings. The first-order valence-electron chi connectivity index (χ1n) is 9.35. The summed E-state index contributed by atoms with van der Waals surface area (Å²) in [6.07, 6.45) is 2.84. The van der Waals surface area contributed by atoms with Crippen LogP contribution in [0.25, 0.3) is 16.2 Å². The van der Waals surface area contributed by atoms with E-state index in [1.54, 1.807) is 15.7 Å². The molecule has 32 heavy (non-hydrogen) atoms. The van der Waals surface area contributed by atoms with Crippen molar-refractivity contribution in [1.29, 1.82) is 0 Å². The van der Waals surface area contributed by atoms with Crippen LogP contribution < -0.4 is 10.3 Å². The summed E-state index contributed by atoms with van der Waals surface area (Å²) in [7, 11) is 0. The number of aromatic nitrogens is 5. The maximum absolute atomic E-state index is 14.9. The van der Waals surface area contributed by atoms with Gasteiger partial charge in [-0.25, -0.2) is 19.2 Å². The molecule has 0 unspecified atom stereocenters. The molecule has 162 valence electrons. The number of ketones is 1. The summed E-state index contributed by atoms with van der Waals surface area (Å²) in [6.45, 7) is 0.557. The minimum atomic E-state index is -1.42. The van der Waals surface area contributed by atoms with Crippen molar-refractivity contribution in [3.05, 3.63) is 56.5 Å². The molecule has 4 aromatic heterocycles. The lowest BCUT2D eigenvalue weighted by Crippen LogP contribution is -2.51. The first-order valence-corrected chi connectivity index (χ1v) is 11.1. The standard InChI is InChI=1S/C19H13FN6O4S2/c20-13-4-11-15(28)12(18(29)30)7-26(19-21-1-2-31-19)16(11)22-17(13)25-5-9(6-25)14(27)3-10-8-32-24-23-10/h1-2,4,7-9H,3,5-6H2,(H,29,30). The lowest BCUT2D eigenvalue weighted by Gasteiger charge is -2.39. The van der Waals surface area contributed by atoms with Crippen LogP contribution in [0.5, 0.6) is 0 Å². The number of thiazole rings is 1. The lowest BCUT2D eigenvalue weighted by molar-refractivity contribution is -0.123. The minimum Gasteiger partial charge on any atom is -0.477 e. The number of carbonyl (C=O) groups is 2. The Balaban J connectivity index is 1.50. The molecule has 5 heterocycles. The van der Waals surface area contributed by atoms with Gasteiger partial charge in [-0.05, 0) is 17.6 Å². The molecule has 0 saturated carbocycles. The van der Waals surface area contributed by atoms with Crippen molar-refractivity contribution < 1.29 is 19.1 Å². The van der Waals surface area contributed by atoms with Crippen molar-refractivity contribution >= 4 is 51.5 Å². The fourth-order valence-electron chi connectivity index (χ4n) is 3.51. The van der Waals surface area contributed by atoms with E-state index in [1.165, 1.54) is 33.6 Å². The summed E-state index contributed by atoms with van der Waals surface area (Å²) in [6, 6.07) is 0.993. The maximum atomic E-state index is 14.9. The molecule has 0 spiro atoms. The number of halogens is 1. The summed E-state index contributed by atoms with van der Waals surface area (Å²) in [5, 5.41) is 16.9. The predicted octanol–water partition coefficient (Wildman–Crippen LogP) is 1.78. The normalized spacial score (nSPS) is 14.0. The second kappa shape index (κ2) is 7.84. The maximum Gasteiger partial charge on any atom is 0.341 e. The molecule has 1 aliphatic rings. The number of Topliss-reactive ketones (excluding diaryl/α,β-unsaturated/α-hetero) is 1. The number of fused-ring (bicyclic) bond motifs is 1. The topological polar surface area (TPSA) is 131 Å². The number of rotatable bonds is 6. The monoisotopic (exact) mass is 472 g/mol. The van der Waals surface area contributed by atoms with Gasteiger partial charge in [0.25, 0.3) is 0 Å². The van der Waals surface area contributed by atoms with Crippen LogP contribution in [0.15, 0.2) is 34.0 Å². The van der Waals surface area contributed by atoms with E-state index in [0.29, 0.717) is 10.8 Å². The molecule has 0 aromatic carbocycles.